The van der Waals surface area contributed by atoms with E-state index in [4.69, 9.17) is 16.3 Å². The van der Waals surface area contributed by atoms with Gasteiger partial charge in [-0.15, -0.1) is 11.6 Å². The Morgan fingerprint density at radius 3 is 2.81 bits per heavy atom. The summed E-state index contributed by atoms with van der Waals surface area (Å²) in [5.41, 5.74) is 1.70. The van der Waals surface area contributed by atoms with E-state index < -0.39 is 0 Å². The molecule has 0 aliphatic rings. The van der Waals surface area contributed by atoms with Crippen molar-refractivity contribution in [2.24, 2.45) is 0 Å². The molecule has 0 bridgehead atoms. The lowest BCUT2D eigenvalue weighted by Crippen LogP contribution is -2.12. The van der Waals surface area contributed by atoms with Crippen LogP contribution in [0.15, 0.2) is 18.2 Å². The van der Waals surface area contributed by atoms with Crippen molar-refractivity contribution in [3.05, 3.63) is 39.4 Å². The summed E-state index contributed by atoms with van der Waals surface area (Å²) in [6, 6.07) is 5.02. The van der Waals surface area contributed by atoms with Crippen LogP contribution in [0.4, 0.5) is 5.69 Å². The normalized spacial score (nSPS) is 12.4. The molecule has 1 unspecified atom stereocenters. The van der Waals surface area contributed by atoms with Crippen molar-refractivity contribution < 1.29 is 9.66 Å². The molecular formula is C11H14ClNO3. The van der Waals surface area contributed by atoms with Crippen LogP contribution in [0.3, 0.4) is 0 Å². The van der Waals surface area contributed by atoms with Gasteiger partial charge in [0.25, 0.3) is 5.69 Å². The lowest BCUT2D eigenvalue weighted by Gasteiger charge is -2.10. The molecule has 4 nitrogen and oxygen atoms in total. The Morgan fingerprint density at radius 2 is 2.25 bits per heavy atom. The molecule has 0 amide bonds. The van der Waals surface area contributed by atoms with Crippen LogP contribution in [0.1, 0.15) is 11.1 Å². The number of benzene rings is 1. The fourth-order valence-electron chi connectivity index (χ4n) is 1.58. The van der Waals surface area contributed by atoms with E-state index in [0.717, 1.165) is 5.56 Å². The fourth-order valence-corrected chi connectivity index (χ4v) is 1.86. The van der Waals surface area contributed by atoms with Gasteiger partial charge in [0.1, 0.15) is 0 Å². The number of hydrogen-bond donors (Lipinski definition) is 0. The van der Waals surface area contributed by atoms with E-state index in [-0.39, 0.29) is 16.0 Å². The Labute approximate surface area is 99.3 Å². The predicted molar refractivity (Wildman–Crippen MR) is 63.1 cm³/mol. The molecule has 0 fully saturated rings. The summed E-state index contributed by atoms with van der Waals surface area (Å²) in [7, 11) is 1.56. The van der Waals surface area contributed by atoms with Gasteiger partial charge >= 0.3 is 0 Å². The van der Waals surface area contributed by atoms with E-state index in [2.05, 4.69) is 0 Å². The molecule has 0 N–H and O–H groups in total. The van der Waals surface area contributed by atoms with Crippen LogP contribution in [0.2, 0.25) is 0 Å². The number of nitro benzene ring substituents is 1. The number of aryl methyl sites for hydroxylation is 1. The molecule has 1 aromatic carbocycles. The Bertz CT molecular complexity index is 381. The van der Waals surface area contributed by atoms with Gasteiger partial charge in [-0.05, 0) is 18.9 Å². The molecule has 88 valence electrons. The maximum absolute atomic E-state index is 10.8. The SMILES string of the molecule is COCC(Cl)Cc1c(C)cccc1[N+](=O)[O-]. The van der Waals surface area contributed by atoms with Gasteiger partial charge in [0, 0.05) is 18.7 Å². The van der Waals surface area contributed by atoms with E-state index in [9.17, 15) is 10.1 Å². The van der Waals surface area contributed by atoms with Crippen LogP contribution in [0.5, 0.6) is 0 Å². The molecule has 0 heterocycles. The first-order chi connectivity index (χ1) is 7.56. The summed E-state index contributed by atoms with van der Waals surface area (Å²) in [4.78, 5) is 10.5. The molecule has 0 saturated carbocycles. The summed E-state index contributed by atoms with van der Waals surface area (Å²) in [5, 5.41) is 10.6. The number of methoxy groups -OCH3 is 1. The minimum atomic E-state index is -0.376. The quantitative estimate of drug-likeness (QED) is 0.454. The first-order valence-electron chi connectivity index (χ1n) is 4.92. The largest absolute Gasteiger partial charge is 0.383 e. The average molecular weight is 244 g/mol. The minimum Gasteiger partial charge on any atom is -0.383 e. The molecule has 16 heavy (non-hydrogen) atoms. The first-order valence-corrected chi connectivity index (χ1v) is 5.35. The van der Waals surface area contributed by atoms with Crippen LogP contribution in [0.25, 0.3) is 0 Å². The van der Waals surface area contributed by atoms with Gasteiger partial charge < -0.3 is 4.74 Å². The second kappa shape index (κ2) is 5.82. The number of ether oxygens (including phenoxy) is 1. The first kappa shape index (κ1) is 12.9. The second-order valence-corrected chi connectivity index (χ2v) is 4.20. The molecule has 0 radical (unpaired) electrons. The highest BCUT2D eigenvalue weighted by atomic mass is 35.5. The number of halogens is 1. The highest BCUT2D eigenvalue weighted by molar-refractivity contribution is 6.20. The number of rotatable bonds is 5. The average Bonchev–Trinajstić information content (AvgIpc) is 2.21. The Kier molecular flexibility index (Phi) is 4.71. The third kappa shape index (κ3) is 3.18. The molecule has 0 saturated heterocycles. The highest BCUT2D eigenvalue weighted by Crippen LogP contribution is 2.24. The lowest BCUT2D eigenvalue weighted by molar-refractivity contribution is -0.385. The zero-order chi connectivity index (χ0) is 12.1. The van der Waals surface area contributed by atoms with E-state index in [1.54, 1.807) is 13.2 Å². The summed E-state index contributed by atoms with van der Waals surface area (Å²) < 4.78 is 4.91. The summed E-state index contributed by atoms with van der Waals surface area (Å²) >= 11 is 6.02. The molecule has 0 aliphatic heterocycles. The molecule has 0 spiro atoms. The molecule has 0 aromatic heterocycles. The number of alkyl halides is 1. The van der Waals surface area contributed by atoms with Crippen molar-refractivity contribution in [2.45, 2.75) is 18.7 Å². The molecule has 1 aromatic rings. The molecular weight excluding hydrogens is 230 g/mol. The maximum atomic E-state index is 10.8. The van der Waals surface area contributed by atoms with Crippen molar-refractivity contribution in [3.8, 4) is 0 Å². The Balaban J connectivity index is 2.97. The molecule has 5 heteroatoms. The maximum Gasteiger partial charge on any atom is 0.272 e. The zero-order valence-electron chi connectivity index (χ0n) is 9.27. The van der Waals surface area contributed by atoms with Gasteiger partial charge in [0.15, 0.2) is 0 Å². The van der Waals surface area contributed by atoms with Gasteiger partial charge in [-0.2, -0.15) is 0 Å². The summed E-state index contributed by atoms with van der Waals surface area (Å²) in [5.74, 6) is 0. The van der Waals surface area contributed by atoms with Gasteiger partial charge in [-0.1, -0.05) is 12.1 Å². The van der Waals surface area contributed by atoms with Gasteiger partial charge in [-0.25, -0.2) is 0 Å². The molecule has 1 atom stereocenters. The second-order valence-electron chi connectivity index (χ2n) is 3.59. The third-order valence-electron chi connectivity index (χ3n) is 2.36. The van der Waals surface area contributed by atoms with Gasteiger partial charge in [0.2, 0.25) is 0 Å². The standard InChI is InChI=1S/C11H14ClNO3/c1-8-4-3-5-11(13(14)15)10(8)6-9(12)7-16-2/h3-5,9H,6-7H2,1-2H3. The van der Waals surface area contributed by atoms with Crippen molar-refractivity contribution in [1.82, 2.24) is 0 Å². The van der Waals surface area contributed by atoms with Crippen LogP contribution in [0, 0.1) is 17.0 Å². The summed E-state index contributed by atoms with van der Waals surface area (Å²) in [6.45, 7) is 2.23. The van der Waals surface area contributed by atoms with E-state index >= 15 is 0 Å². The number of hydrogen-bond acceptors (Lipinski definition) is 3. The van der Waals surface area contributed by atoms with E-state index in [1.807, 2.05) is 13.0 Å². The Hall–Kier alpha value is -1.13. The van der Waals surface area contributed by atoms with E-state index in [1.165, 1.54) is 6.07 Å². The van der Waals surface area contributed by atoms with E-state index in [0.29, 0.717) is 18.6 Å². The van der Waals surface area contributed by atoms with Crippen molar-refractivity contribution in [3.63, 3.8) is 0 Å². The monoisotopic (exact) mass is 243 g/mol. The molecule has 0 aliphatic carbocycles. The van der Waals surface area contributed by atoms with Crippen molar-refractivity contribution in [2.75, 3.05) is 13.7 Å². The highest BCUT2D eigenvalue weighted by Gasteiger charge is 2.18. The fraction of sp³-hybridized carbons (Fsp3) is 0.455. The van der Waals surface area contributed by atoms with Gasteiger partial charge in [0.05, 0.1) is 16.9 Å². The number of nitro groups is 1. The third-order valence-corrected chi connectivity index (χ3v) is 2.64. The Morgan fingerprint density at radius 1 is 1.56 bits per heavy atom. The van der Waals surface area contributed by atoms with Crippen LogP contribution >= 0.6 is 11.6 Å². The van der Waals surface area contributed by atoms with Crippen LogP contribution < -0.4 is 0 Å². The number of nitrogens with zero attached hydrogens (tertiary/aromatic N) is 1. The topological polar surface area (TPSA) is 52.4 Å². The minimum absolute atomic E-state index is 0.127. The van der Waals surface area contributed by atoms with Crippen LogP contribution in [-0.4, -0.2) is 24.0 Å². The lowest BCUT2D eigenvalue weighted by atomic mass is 10.0. The van der Waals surface area contributed by atoms with Gasteiger partial charge in [-0.3, -0.25) is 10.1 Å². The predicted octanol–water partition coefficient (Wildman–Crippen LogP) is 2.70. The van der Waals surface area contributed by atoms with Crippen molar-refractivity contribution >= 4 is 17.3 Å². The zero-order valence-corrected chi connectivity index (χ0v) is 10.0. The van der Waals surface area contributed by atoms with Crippen LogP contribution in [-0.2, 0) is 11.2 Å². The summed E-state index contributed by atoms with van der Waals surface area (Å²) in [6.07, 6.45) is 0.443. The molecule has 1 rings (SSSR count). The van der Waals surface area contributed by atoms with Crippen molar-refractivity contribution in [1.29, 1.82) is 0 Å². The smallest absolute Gasteiger partial charge is 0.272 e.